The number of hydrogen-bond acceptors (Lipinski definition) is 6. The highest BCUT2D eigenvalue weighted by Gasteiger charge is 2.39. The molecule has 3 atom stereocenters. The quantitative estimate of drug-likeness (QED) is 0.501. The van der Waals surface area contributed by atoms with E-state index < -0.39 is 10.0 Å². The summed E-state index contributed by atoms with van der Waals surface area (Å²) < 4.78 is 45.2. The summed E-state index contributed by atoms with van der Waals surface area (Å²) in [4.78, 5) is 0.233. The average Bonchev–Trinajstić information content (AvgIpc) is 3.52. The SMILES string of the molecule is COc1cccc(NS(=O)(=O)c2ccc3c(c2)[C@H]2C=CC[C@H]2[C@@H](c2ccc4c(c2)OCO4)N3)c1. The lowest BCUT2D eigenvalue weighted by atomic mass is 9.77. The third kappa shape index (κ3) is 3.54. The van der Waals surface area contributed by atoms with Gasteiger partial charge in [-0.15, -0.1) is 0 Å². The minimum absolute atomic E-state index is 0.0827. The lowest BCUT2D eigenvalue weighted by Gasteiger charge is -2.37. The summed E-state index contributed by atoms with van der Waals surface area (Å²) in [6.07, 6.45) is 5.28. The molecule has 7 nitrogen and oxygen atoms in total. The molecule has 0 saturated heterocycles. The molecule has 0 unspecified atom stereocenters. The van der Waals surface area contributed by atoms with Gasteiger partial charge in [0, 0.05) is 17.7 Å². The number of fused-ring (bicyclic) bond motifs is 4. The molecule has 0 fully saturated rings. The molecule has 0 aromatic heterocycles. The van der Waals surface area contributed by atoms with Crippen molar-refractivity contribution in [3.8, 4) is 17.2 Å². The molecule has 2 heterocycles. The van der Waals surface area contributed by atoms with Crippen molar-refractivity contribution in [2.45, 2.75) is 23.3 Å². The first kappa shape index (κ1) is 20.9. The van der Waals surface area contributed by atoms with E-state index in [0.29, 0.717) is 11.4 Å². The van der Waals surface area contributed by atoms with Gasteiger partial charge in [0.25, 0.3) is 10.0 Å². The Morgan fingerprint density at radius 1 is 1.03 bits per heavy atom. The Balaban J connectivity index is 1.32. The summed E-state index contributed by atoms with van der Waals surface area (Å²) in [5.74, 6) is 2.51. The van der Waals surface area contributed by atoms with Gasteiger partial charge in [-0.05, 0) is 65.9 Å². The second-order valence-electron chi connectivity index (χ2n) is 8.67. The first-order chi connectivity index (χ1) is 16.5. The van der Waals surface area contributed by atoms with Crippen LogP contribution in [0.3, 0.4) is 0 Å². The van der Waals surface area contributed by atoms with Crippen LogP contribution in [0.15, 0.2) is 77.7 Å². The summed E-state index contributed by atoms with van der Waals surface area (Å²) in [7, 11) is -2.21. The van der Waals surface area contributed by atoms with Crippen LogP contribution >= 0.6 is 0 Å². The van der Waals surface area contributed by atoms with Gasteiger partial charge in [-0.2, -0.15) is 0 Å². The molecule has 0 bridgehead atoms. The molecule has 0 radical (unpaired) electrons. The average molecular weight is 477 g/mol. The monoisotopic (exact) mass is 476 g/mol. The third-order valence-electron chi connectivity index (χ3n) is 6.72. The molecule has 3 aliphatic rings. The molecule has 2 aliphatic heterocycles. The molecule has 34 heavy (non-hydrogen) atoms. The van der Waals surface area contributed by atoms with Gasteiger partial charge < -0.3 is 19.5 Å². The highest BCUT2D eigenvalue weighted by atomic mass is 32.2. The largest absolute Gasteiger partial charge is 0.497 e. The Labute approximate surface area is 198 Å². The minimum atomic E-state index is -3.76. The molecule has 8 heteroatoms. The number of allylic oxidation sites excluding steroid dienone is 2. The third-order valence-corrected chi connectivity index (χ3v) is 8.10. The van der Waals surface area contributed by atoms with Gasteiger partial charge in [-0.1, -0.05) is 24.3 Å². The zero-order chi connectivity index (χ0) is 23.3. The van der Waals surface area contributed by atoms with E-state index in [0.717, 1.165) is 34.7 Å². The first-order valence-corrected chi connectivity index (χ1v) is 12.6. The van der Waals surface area contributed by atoms with Crippen LogP contribution in [0, 0.1) is 5.92 Å². The van der Waals surface area contributed by atoms with Crippen LogP contribution in [0.25, 0.3) is 0 Å². The van der Waals surface area contributed by atoms with Crippen molar-refractivity contribution in [1.29, 1.82) is 0 Å². The van der Waals surface area contributed by atoms with E-state index in [1.165, 1.54) is 0 Å². The number of rotatable bonds is 5. The number of benzene rings is 3. The van der Waals surface area contributed by atoms with E-state index >= 15 is 0 Å². The Morgan fingerprint density at radius 2 is 1.91 bits per heavy atom. The van der Waals surface area contributed by atoms with E-state index in [9.17, 15) is 8.42 Å². The van der Waals surface area contributed by atoms with Crippen LogP contribution in [0.5, 0.6) is 17.2 Å². The smallest absolute Gasteiger partial charge is 0.261 e. The van der Waals surface area contributed by atoms with Crippen molar-refractivity contribution in [3.05, 3.63) is 83.9 Å². The number of anilines is 2. The molecule has 3 aromatic carbocycles. The summed E-state index contributed by atoms with van der Waals surface area (Å²) in [6, 6.07) is 18.3. The number of sulfonamides is 1. The topological polar surface area (TPSA) is 85.9 Å². The Bertz CT molecular complexity index is 1400. The van der Waals surface area contributed by atoms with Crippen LogP contribution in [0.2, 0.25) is 0 Å². The van der Waals surface area contributed by atoms with Crippen LogP contribution in [-0.2, 0) is 10.0 Å². The molecule has 0 saturated carbocycles. The van der Waals surface area contributed by atoms with Gasteiger partial charge >= 0.3 is 0 Å². The zero-order valence-corrected chi connectivity index (χ0v) is 19.3. The van der Waals surface area contributed by atoms with Crippen LogP contribution in [-0.4, -0.2) is 22.3 Å². The Morgan fingerprint density at radius 3 is 2.79 bits per heavy atom. The van der Waals surface area contributed by atoms with E-state index in [1.807, 2.05) is 18.2 Å². The summed E-state index contributed by atoms with van der Waals surface area (Å²) in [5.41, 5.74) is 3.52. The number of methoxy groups -OCH3 is 1. The fourth-order valence-corrected chi connectivity index (χ4v) is 6.16. The maximum Gasteiger partial charge on any atom is 0.261 e. The van der Waals surface area contributed by atoms with Crippen molar-refractivity contribution in [1.82, 2.24) is 0 Å². The summed E-state index contributed by atoms with van der Waals surface area (Å²) >= 11 is 0. The number of nitrogens with one attached hydrogen (secondary N) is 2. The Kier molecular flexibility index (Phi) is 4.91. The van der Waals surface area contributed by atoms with Crippen molar-refractivity contribution < 1.29 is 22.6 Å². The van der Waals surface area contributed by atoms with Crippen molar-refractivity contribution in [2.75, 3.05) is 23.9 Å². The molecule has 0 spiro atoms. The van der Waals surface area contributed by atoms with Gasteiger partial charge in [-0.3, -0.25) is 4.72 Å². The maximum atomic E-state index is 13.2. The van der Waals surface area contributed by atoms with E-state index in [2.05, 4.69) is 28.3 Å². The lowest BCUT2D eigenvalue weighted by Crippen LogP contribution is -2.29. The number of ether oxygens (including phenoxy) is 3. The van der Waals surface area contributed by atoms with E-state index in [4.69, 9.17) is 14.2 Å². The van der Waals surface area contributed by atoms with Crippen molar-refractivity contribution >= 4 is 21.4 Å². The van der Waals surface area contributed by atoms with Crippen LogP contribution in [0.4, 0.5) is 11.4 Å². The Hall–Kier alpha value is -3.65. The normalized spacial score (nSPS) is 22.0. The van der Waals surface area contributed by atoms with Gasteiger partial charge in [0.15, 0.2) is 11.5 Å². The van der Waals surface area contributed by atoms with Gasteiger partial charge in [0.1, 0.15) is 5.75 Å². The van der Waals surface area contributed by atoms with Crippen molar-refractivity contribution in [3.63, 3.8) is 0 Å². The molecule has 0 amide bonds. The molecule has 3 aromatic rings. The van der Waals surface area contributed by atoms with E-state index in [-0.39, 0.29) is 29.6 Å². The second kappa shape index (κ2) is 7.99. The molecule has 1 aliphatic carbocycles. The van der Waals surface area contributed by atoms with Gasteiger partial charge in [0.2, 0.25) is 6.79 Å². The predicted molar refractivity (Wildman–Crippen MR) is 129 cm³/mol. The fourth-order valence-electron chi connectivity index (χ4n) is 5.08. The molecular weight excluding hydrogens is 452 g/mol. The van der Waals surface area contributed by atoms with Crippen molar-refractivity contribution in [2.24, 2.45) is 5.92 Å². The van der Waals surface area contributed by atoms with Gasteiger partial charge in [0.05, 0.1) is 23.7 Å². The minimum Gasteiger partial charge on any atom is -0.497 e. The standard InChI is InChI=1S/C26H24N2O5S/c1-31-18-5-2-4-17(13-18)28-34(29,30)19-9-10-23-22(14-19)20-6-3-7-21(20)26(27-23)16-8-11-24-25(12-16)33-15-32-24/h2-6,8-14,20-21,26-28H,7,15H2,1H3/t20-,21+,26+/m0/s1. The van der Waals surface area contributed by atoms with Crippen LogP contribution < -0.4 is 24.2 Å². The molecular formula is C26H24N2O5S. The number of hydrogen-bond donors (Lipinski definition) is 2. The summed E-state index contributed by atoms with van der Waals surface area (Å²) in [5, 5.41) is 3.65. The molecule has 6 rings (SSSR count). The summed E-state index contributed by atoms with van der Waals surface area (Å²) in [6.45, 7) is 0.244. The maximum absolute atomic E-state index is 13.2. The highest BCUT2D eigenvalue weighted by Crippen LogP contribution is 2.51. The first-order valence-electron chi connectivity index (χ1n) is 11.2. The second-order valence-corrected chi connectivity index (χ2v) is 10.4. The predicted octanol–water partition coefficient (Wildman–Crippen LogP) is 5.05. The molecule has 174 valence electrons. The van der Waals surface area contributed by atoms with E-state index in [1.54, 1.807) is 43.5 Å². The fraction of sp³-hybridized carbons (Fsp3) is 0.231. The molecule has 2 N–H and O–H groups in total. The van der Waals surface area contributed by atoms with Gasteiger partial charge in [-0.25, -0.2) is 8.42 Å². The lowest BCUT2D eigenvalue weighted by molar-refractivity contribution is 0.174. The highest BCUT2D eigenvalue weighted by molar-refractivity contribution is 7.92. The zero-order valence-electron chi connectivity index (χ0n) is 18.5. The van der Waals surface area contributed by atoms with Crippen LogP contribution in [0.1, 0.15) is 29.5 Å².